The van der Waals surface area contributed by atoms with Crippen molar-refractivity contribution in [1.82, 2.24) is 9.88 Å². The third-order valence-corrected chi connectivity index (χ3v) is 5.36. The molecule has 7 heteroatoms. The summed E-state index contributed by atoms with van der Waals surface area (Å²) in [7, 11) is 1.58. The Labute approximate surface area is 150 Å². The Morgan fingerprint density at radius 2 is 2.12 bits per heavy atom. The first kappa shape index (κ1) is 17.4. The summed E-state index contributed by atoms with van der Waals surface area (Å²) in [6.07, 6.45) is 2.61. The minimum atomic E-state index is -0.113. The minimum Gasteiger partial charge on any atom is -0.494 e. The fraction of sp³-hybridized carbons (Fsp3) is 0.389. The van der Waals surface area contributed by atoms with Crippen LogP contribution in [-0.2, 0) is 9.59 Å². The molecule has 3 rings (SSSR count). The summed E-state index contributed by atoms with van der Waals surface area (Å²) >= 11 is 1.58. The number of hydrogen-bond acceptors (Lipinski definition) is 5. The van der Waals surface area contributed by atoms with E-state index in [2.05, 4.69) is 16.9 Å². The van der Waals surface area contributed by atoms with Crippen molar-refractivity contribution in [3.8, 4) is 5.75 Å². The van der Waals surface area contributed by atoms with Gasteiger partial charge in [-0.2, -0.15) is 0 Å². The van der Waals surface area contributed by atoms with Gasteiger partial charge in [-0.1, -0.05) is 6.58 Å². The molecular formula is C18H21N3O3S. The quantitative estimate of drug-likeness (QED) is 0.852. The highest BCUT2D eigenvalue weighted by atomic mass is 32.1. The Balaban J connectivity index is 1.71. The molecule has 2 amide bonds. The maximum absolute atomic E-state index is 12.6. The molecule has 1 aromatic carbocycles. The van der Waals surface area contributed by atoms with Crippen LogP contribution < -0.4 is 10.1 Å². The Kier molecular flexibility index (Phi) is 5.03. The summed E-state index contributed by atoms with van der Waals surface area (Å²) in [5.74, 6) is 0.374. The number of hydrogen-bond donors (Lipinski definition) is 1. The number of nitrogens with one attached hydrogen (secondary N) is 1. The van der Waals surface area contributed by atoms with Crippen LogP contribution in [0.2, 0.25) is 0 Å². The van der Waals surface area contributed by atoms with E-state index in [1.807, 2.05) is 19.1 Å². The van der Waals surface area contributed by atoms with Crippen LogP contribution >= 0.6 is 11.3 Å². The zero-order valence-corrected chi connectivity index (χ0v) is 15.2. The lowest BCUT2D eigenvalue weighted by molar-refractivity contribution is -0.130. The molecule has 132 valence electrons. The average Bonchev–Trinajstić information content (AvgIpc) is 2.99. The van der Waals surface area contributed by atoms with E-state index in [4.69, 9.17) is 4.74 Å². The van der Waals surface area contributed by atoms with E-state index in [-0.39, 0.29) is 17.7 Å². The molecule has 2 aromatic rings. The summed E-state index contributed by atoms with van der Waals surface area (Å²) in [6, 6.07) is 3.76. The molecule has 1 aliphatic heterocycles. The molecule has 2 heterocycles. The highest BCUT2D eigenvalue weighted by Gasteiger charge is 2.27. The highest BCUT2D eigenvalue weighted by Crippen LogP contribution is 2.33. The maximum Gasteiger partial charge on any atom is 0.245 e. The lowest BCUT2D eigenvalue weighted by Gasteiger charge is -2.30. The van der Waals surface area contributed by atoms with E-state index >= 15 is 0 Å². The first-order valence-electron chi connectivity index (χ1n) is 8.19. The Morgan fingerprint density at radius 1 is 1.40 bits per heavy atom. The van der Waals surface area contributed by atoms with E-state index in [0.29, 0.717) is 37.4 Å². The van der Waals surface area contributed by atoms with Crippen LogP contribution in [0, 0.1) is 12.8 Å². The predicted octanol–water partition coefficient (Wildman–Crippen LogP) is 2.98. The lowest BCUT2D eigenvalue weighted by Crippen LogP contribution is -2.40. The predicted molar refractivity (Wildman–Crippen MR) is 99.0 cm³/mol. The van der Waals surface area contributed by atoms with Gasteiger partial charge >= 0.3 is 0 Å². The van der Waals surface area contributed by atoms with Crippen LogP contribution in [0.1, 0.15) is 17.8 Å². The molecule has 1 aromatic heterocycles. The normalized spacial score (nSPS) is 15.2. The third-order valence-electron chi connectivity index (χ3n) is 4.43. The molecule has 0 aliphatic carbocycles. The van der Waals surface area contributed by atoms with Gasteiger partial charge in [0.2, 0.25) is 11.8 Å². The fourth-order valence-corrected chi connectivity index (χ4v) is 3.91. The van der Waals surface area contributed by atoms with Crippen molar-refractivity contribution in [2.75, 3.05) is 25.5 Å². The maximum atomic E-state index is 12.6. The number of carbonyl (C=O) groups is 2. The van der Waals surface area contributed by atoms with Crippen LogP contribution in [0.5, 0.6) is 5.75 Å². The zero-order valence-electron chi connectivity index (χ0n) is 14.4. The van der Waals surface area contributed by atoms with E-state index in [1.54, 1.807) is 23.3 Å². The number of methoxy groups -OCH3 is 1. The van der Waals surface area contributed by atoms with Gasteiger partial charge < -0.3 is 15.0 Å². The van der Waals surface area contributed by atoms with Gasteiger partial charge in [-0.3, -0.25) is 9.59 Å². The van der Waals surface area contributed by atoms with Crippen molar-refractivity contribution in [1.29, 1.82) is 0 Å². The highest BCUT2D eigenvalue weighted by molar-refractivity contribution is 7.18. The summed E-state index contributed by atoms with van der Waals surface area (Å²) < 4.78 is 6.41. The number of fused-ring (bicyclic) bond motifs is 1. The summed E-state index contributed by atoms with van der Waals surface area (Å²) in [5.41, 5.74) is 1.53. The van der Waals surface area contributed by atoms with Crippen LogP contribution in [-0.4, -0.2) is 41.9 Å². The Morgan fingerprint density at radius 3 is 2.76 bits per heavy atom. The lowest BCUT2D eigenvalue weighted by atomic mass is 9.95. The monoisotopic (exact) mass is 359 g/mol. The Hall–Kier alpha value is -2.41. The van der Waals surface area contributed by atoms with Gasteiger partial charge in [0.05, 0.1) is 28.0 Å². The molecule has 0 bridgehead atoms. The van der Waals surface area contributed by atoms with Crippen LogP contribution in [0.3, 0.4) is 0 Å². The molecule has 1 N–H and O–H groups in total. The fourth-order valence-electron chi connectivity index (χ4n) is 3.06. The second-order valence-corrected chi connectivity index (χ2v) is 7.28. The number of carbonyl (C=O) groups excluding carboxylic acids is 2. The van der Waals surface area contributed by atoms with Crippen LogP contribution in [0.15, 0.2) is 24.8 Å². The number of aryl methyl sites for hydroxylation is 1. The standard InChI is InChI=1S/C18H21N3O3S/c1-4-17(22)21-7-5-12(6-8-21)18(23)20-13-10-16-14(9-15(13)24-3)19-11(2)25-16/h4,9-10,12H,1,5-8H2,2-3H3,(H,20,23). The summed E-state index contributed by atoms with van der Waals surface area (Å²) in [4.78, 5) is 30.4. The zero-order chi connectivity index (χ0) is 18.0. The summed E-state index contributed by atoms with van der Waals surface area (Å²) in [6.45, 7) is 6.61. The molecule has 1 fully saturated rings. The van der Waals surface area contributed by atoms with E-state index < -0.39 is 0 Å². The van der Waals surface area contributed by atoms with Gasteiger partial charge in [-0.25, -0.2) is 4.98 Å². The van der Waals surface area contributed by atoms with Crippen molar-refractivity contribution in [3.05, 3.63) is 29.8 Å². The van der Waals surface area contributed by atoms with Crippen molar-refractivity contribution in [2.24, 2.45) is 5.92 Å². The van der Waals surface area contributed by atoms with Gasteiger partial charge in [0, 0.05) is 25.1 Å². The second-order valence-electron chi connectivity index (χ2n) is 6.05. The average molecular weight is 359 g/mol. The minimum absolute atomic E-state index is 0.0374. The first-order chi connectivity index (χ1) is 12.0. The summed E-state index contributed by atoms with van der Waals surface area (Å²) in [5, 5.41) is 3.95. The number of piperidine rings is 1. The van der Waals surface area contributed by atoms with Crippen molar-refractivity contribution in [2.45, 2.75) is 19.8 Å². The van der Waals surface area contributed by atoms with Crippen molar-refractivity contribution < 1.29 is 14.3 Å². The Bertz CT molecular complexity index is 822. The van der Waals surface area contributed by atoms with E-state index in [9.17, 15) is 9.59 Å². The smallest absolute Gasteiger partial charge is 0.245 e. The first-order valence-corrected chi connectivity index (χ1v) is 9.01. The van der Waals surface area contributed by atoms with Crippen LogP contribution in [0.4, 0.5) is 5.69 Å². The van der Waals surface area contributed by atoms with Crippen molar-refractivity contribution >= 4 is 39.1 Å². The van der Waals surface area contributed by atoms with Gasteiger partial charge in [-0.05, 0) is 31.9 Å². The third kappa shape index (κ3) is 3.66. The van der Waals surface area contributed by atoms with Crippen LogP contribution in [0.25, 0.3) is 10.2 Å². The number of likely N-dealkylation sites (tertiary alicyclic amines) is 1. The molecule has 0 saturated carbocycles. The number of aromatic nitrogens is 1. The number of rotatable bonds is 4. The molecule has 0 atom stereocenters. The number of nitrogens with zero attached hydrogens (tertiary/aromatic N) is 2. The number of amides is 2. The topological polar surface area (TPSA) is 71.5 Å². The number of anilines is 1. The molecule has 1 aliphatic rings. The van der Waals surface area contributed by atoms with Gasteiger partial charge in [0.25, 0.3) is 0 Å². The molecule has 6 nitrogen and oxygen atoms in total. The molecule has 0 radical (unpaired) electrons. The number of ether oxygens (including phenoxy) is 1. The van der Waals surface area contributed by atoms with Gasteiger partial charge in [-0.15, -0.1) is 11.3 Å². The molecular weight excluding hydrogens is 338 g/mol. The number of benzene rings is 1. The van der Waals surface area contributed by atoms with Gasteiger partial charge in [0.15, 0.2) is 0 Å². The van der Waals surface area contributed by atoms with Gasteiger partial charge in [0.1, 0.15) is 5.75 Å². The molecule has 25 heavy (non-hydrogen) atoms. The van der Waals surface area contributed by atoms with E-state index in [0.717, 1.165) is 15.2 Å². The second kappa shape index (κ2) is 7.23. The molecule has 1 saturated heterocycles. The largest absolute Gasteiger partial charge is 0.494 e. The van der Waals surface area contributed by atoms with E-state index in [1.165, 1.54) is 6.08 Å². The molecule has 0 spiro atoms. The van der Waals surface area contributed by atoms with Crippen molar-refractivity contribution in [3.63, 3.8) is 0 Å². The molecule has 0 unspecified atom stereocenters. The SMILES string of the molecule is C=CC(=O)N1CCC(C(=O)Nc2cc3sc(C)nc3cc2OC)CC1. The number of thiazole rings is 1.